The van der Waals surface area contributed by atoms with Gasteiger partial charge in [0.2, 0.25) is 0 Å². The van der Waals surface area contributed by atoms with Crippen LogP contribution in [0.15, 0.2) is 54.6 Å². The number of anilines is 1. The van der Waals surface area contributed by atoms with E-state index >= 15 is 0 Å². The van der Waals surface area contributed by atoms with Crippen molar-refractivity contribution < 1.29 is 4.79 Å². The smallest absolute Gasteiger partial charge is 0.139 e. The molecule has 0 aromatic heterocycles. The van der Waals surface area contributed by atoms with E-state index < -0.39 is 0 Å². The number of hydrogen-bond acceptors (Lipinski definition) is 2. The molecule has 0 bridgehead atoms. The number of nitrogens with one attached hydrogen (secondary N) is 1. The first-order valence-electron chi connectivity index (χ1n) is 6.30. The average Bonchev–Trinajstić information content (AvgIpc) is 2.43. The maximum atomic E-state index is 11.9. The highest BCUT2D eigenvalue weighted by molar-refractivity contribution is 6.31. The molecular weight excluding hydrogens is 258 g/mol. The van der Waals surface area contributed by atoms with Gasteiger partial charge in [0.05, 0.1) is 0 Å². The second-order valence-corrected chi connectivity index (χ2v) is 4.76. The molecule has 0 heterocycles. The van der Waals surface area contributed by atoms with Gasteiger partial charge in [-0.05, 0) is 23.8 Å². The highest BCUT2D eigenvalue weighted by atomic mass is 35.5. The molecule has 0 spiro atoms. The van der Waals surface area contributed by atoms with Crippen LogP contribution in [0.25, 0.3) is 0 Å². The van der Waals surface area contributed by atoms with Crippen molar-refractivity contribution in [1.29, 1.82) is 0 Å². The van der Waals surface area contributed by atoms with Gasteiger partial charge in [-0.15, -0.1) is 0 Å². The second-order valence-electron chi connectivity index (χ2n) is 4.35. The van der Waals surface area contributed by atoms with Crippen LogP contribution in [0.5, 0.6) is 0 Å². The average molecular weight is 274 g/mol. The minimum atomic E-state index is 0.191. The Balaban J connectivity index is 1.78. The van der Waals surface area contributed by atoms with Crippen LogP contribution in [0.4, 0.5) is 5.69 Å². The van der Waals surface area contributed by atoms with E-state index in [-0.39, 0.29) is 5.78 Å². The van der Waals surface area contributed by atoms with Crippen LogP contribution < -0.4 is 5.32 Å². The molecule has 19 heavy (non-hydrogen) atoms. The Morgan fingerprint density at radius 3 is 2.42 bits per heavy atom. The Bertz CT molecular complexity index is 539. The van der Waals surface area contributed by atoms with Crippen LogP contribution in [0.2, 0.25) is 5.02 Å². The summed E-state index contributed by atoms with van der Waals surface area (Å²) in [6.07, 6.45) is 0.899. The third-order valence-electron chi connectivity index (χ3n) is 2.85. The fourth-order valence-corrected chi connectivity index (χ4v) is 2.05. The molecule has 3 heteroatoms. The van der Waals surface area contributed by atoms with Gasteiger partial charge in [-0.25, -0.2) is 0 Å². The maximum absolute atomic E-state index is 11.9. The molecule has 0 unspecified atom stereocenters. The normalized spacial score (nSPS) is 10.2. The van der Waals surface area contributed by atoms with Crippen molar-refractivity contribution in [3.8, 4) is 0 Å². The van der Waals surface area contributed by atoms with Crippen molar-refractivity contribution in [2.45, 2.75) is 12.8 Å². The second kappa shape index (κ2) is 6.95. The zero-order chi connectivity index (χ0) is 13.5. The van der Waals surface area contributed by atoms with Crippen molar-refractivity contribution in [3.63, 3.8) is 0 Å². The monoisotopic (exact) mass is 273 g/mol. The van der Waals surface area contributed by atoms with Gasteiger partial charge in [-0.2, -0.15) is 0 Å². The SMILES string of the molecule is O=C(CCNc1ccccc1)Cc1ccccc1Cl. The van der Waals surface area contributed by atoms with E-state index in [2.05, 4.69) is 5.32 Å². The lowest BCUT2D eigenvalue weighted by Gasteiger charge is -2.06. The molecule has 2 nitrogen and oxygen atoms in total. The molecule has 0 radical (unpaired) electrons. The van der Waals surface area contributed by atoms with Gasteiger partial charge in [-0.1, -0.05) is 48.0 Å². The zero-order valence-corrected chi connectivity index (χ0v) is 11.4. The Hall–Kier alpha value is -1.80. The lowest BCUT2D eigenvalue weighted by Crippen LogP contribution is -2.10. The first-order valence-corrected chi connectivity index (χ1v) is 6.67. The molecule has 2 aromatic carbocycles. The Morgan fingerprint density at radius 1 is 1.00 bits per heavy atom. The van der Waals surface area contributed by atoms with E-state index in [0.717, 1.165) is 11.3 Å². The van der Waals surface area contributed by atoms with Crippen LogP contribution in [-0.2, 0) is 11.2 Å². The fourth-order valence-electron chi connectivity index (χ4n) is 1.84. The third-order valence-corrected chi connectivity index (χ3v) is 3.22. The molecule has 0 aliphatic carbocycles. The van der Waals surface area contributed by atoms with Gasteiger partial charge in [0, 0.05) is 30.1 Å². The number of rotatable bonds is 6. The van der Waals surface area contributed by atoms with E-state index in [1.807, 2.05) is 54.6 Å². The molecular formula is C16H16ClNO. The zero-order valence-electron chi connectivity index (χ0n) is 10.6. The van der Waals surface area contributed by atoms with Crippen molar-refractivity contribution in [1.82, 2.24) is 0 Å². The van der Waals surface area contributed by atoms with E-state index in [1.54, 1.807) is 0 Å². The maximum Gasteiger partial charge on any atom is 0.139 e. The predicted octanol–water partition coefficient (Wildman–Crippen LogP) is 3.95. The minimum absolute atomic E-state index is 0.191. The van der Waals surface area contributed by atoms with Crippen molar-refractivity contribution >= 4 is 23.1 Å². The number of Topliss-reactive ketones (excluding diaryl/α,β-unsaturated/α-hetero) is 1. The van der Waals surface area contributed by atoms with Crippen molar-refractivity contribution in [2.75, 3.05) is 11.9 Å². The molecule has 0 saturated carbocycles. The van der Waals surface area contributed by atoms with Gasteiger partial charge < -0.3 is 5.32 Å². The molecule has 0 atom stereocenters. The highest BCUT2D eigenvalue weighted by Crippen LogP contribution is 2.16. The van der Waals surface area contributed by atoms with E-state index in [9.17, 15) is 4.79 Å². The largest absolute Gasteiger partial charge is 0.385 e. The van der Waals surface area contributed by atoms with Crippen molar-refractivity contribution in [2.24, 2.45) is 0 Å². The van der Waals surface area contributed by atoms with Gasteiger partial charge in [0.25, 0.3) is 0 Å². The molecule has 0 aliphatic rings. The molecule has 0 fully saturated rings. The first-order chi connectivity index (χ1) is 9.25. The molecule has 2 aromatic rings. The number of halogens is 1. The fraction of sp³-hybridized carbons (Fsp3) is 0.188. The summed E-state index contributed by atoms with van der Waals surface area (Å²) >= 11 is 6.03. The summed E-state index contributed by atoms with van der Waals surface area (Å²) in [7, 11) is 0. The van der Waals surface area contributed by atoms with Crippen molar-refractivity contribution in [3.05, 3.63) is 65.2 Å². The van der Waals surface area contributed by atoms with Crippen LogP contribution >= 0.6 is 11.6 Å². The quantitative estimate of drug-likeness (QED) is 0.863. The number of hydrogen-bond donors (Lipinski definition) is 1. The summed E-state index contributed by atoms with van der Waals surface area (Å²) < 4.78 is 0. The topological polar surface area (TPSA) is 29.1 Å². The number of para-hydroxylation sites is 1. The molecule has 0 aliphatic heterocycles. The van der Waals surface area contributed by atoms with Gasteiger partial charge in [0.15, 0.2) is 0 Å². The summed E-state index contributed by atoms with van der Waals surface area (Å²) in [6.45, 7) is 0.646. The van der Waals surface area contributed by atoms with Crippen LogP contribution in [0.3, 0.4) is 0 Å². The van der Waals surface area contributed by atoms with Crippen LogP contribution in [-0.4, -0.2) is 12.3 Å². The summed E-state index contributed by atoms with van der Waals surface area (Å²) in [5.41, 5.74) is 1.93. The van der Waals surface area contributed by atoms with Crippen LogP contribution in [0.1, 0.15) is 12.0 Å². The summed E-state index contributed by atoms with van der Waals surface area (Å²) in [5, 5.41) is 3.88. The summed E-state index contributed by atoms with van der Waals surface area (Å²) in [5.74, 6) is 0.191. The highest BCUT2D eigenvalue weighted by Gasteiger charge is 2.06. The van der Waals surface area contributed by atoms with E-state index in [1.165, 1.54) is 0 Å². The Morgan fingerprint density at radius 2 is 1.68 bits per heavy atom. The van der Waals surface area contributed by atoms with Crippen LogP contribution in [0, 0.1) is 0 Å². The van der Waals surface area contributed by atoms with E-state index in [0.29, 0.717) is 24.4 Å². The Kier molecular flexibility index (Phi) is 4.99. The minimum Gasteiger partial charge on any atom is -0.385 e. The molecule has 1 N–H and O–H groups in total. The third kappa shape index (κ3) is 4.42. The lowest BCUT2D eigenvalue weighted by molar-refractivity contribution is -0.118. The predicted molar refractivity (Wildman–Crippen MR) is 79.7 cm³/mol. The van der Waals surface area contributed by atoms with E-state index in [4.69, 9.17) is 11.6 Å². The summed E-state index contributed by atoms with van der Waals surface area (Å²) in [4.78, 5) is 11.9. The molecule has 98 valence electrons. The first kappa shape index (κ1) is 13.6. The van der Waals surface area contributed by atoms with Gasteiger partial charge >= 0.3 is 0 Å². The molecule has 2 rings (SSSR count). The van der Waals surface area contributed by atoms with Gasteiger partial charge in [-0.3, -0.25) is 4.79 Å². The lowest BCUT2D eigenvalue weighted by atomic mass is 10.1. The number of carbonyl (C=O) groups excluding carboxylic acids is 1. The number of carbonyl (C=O) groups is 1. The molecule has 0 amide bonds. The number of ketones is 1. The number of benzene rings is 2. The van der Waals surface area contributed by atoms with Gasteiger partial charge in [0.1, 0.15) is 5.78 Å². The Labute approximate surface area is 118 Å². The summed E-state index contributed by atoms with van der Waals surface area (Å²) in [6, 6.07) is 17.3. The molecule has 0 saturated heterocycles. The standard InChI is InChI=1S/C16H16ClNO/c17-16-9-5-4-6-13(16)12-15(19)10-11-18-14-7-2-1-3-8-14/h1-9,18H,10-12H2.